The third-order valence-electron chi connectivity index (χ3n) is 6.48. The van der Waals surface area contributed by atoms with E-state index >= 15 is 0 Å². The van der Waals surface area contributed by atoms with E-state index in [0.717, 1.165) is 6.42 Å². The highest BCUT2D eigenvalue weighted by Crippen LogP contribution is 2.57. The molecule has 1 aromatic rings. The summed E-state index contributed by atoms with van der Waals surface area (Å²) in [6.45, 7) is 6.42. The van der Waals surface area contributed by atoms with Crippen LogP contribution in [0.15, 0.2) is 24.3 Å². The summed E-state index contributed by atoms with van der Waals surface area (Å²) in [6.07, 6.45) is 7.38. The third-order valence-corrected chi connectivity index (χ3v) is 6.48. The van der Waals surface area contributed by atoms with Gasteiger partial charge in [0.2, 0.25) is 0 Å². The molecule has 5 heteroatoms. The molecule has 0 radical (unpaired) electrons. The number of carbonyl (C=O) groups is 1. The average Bonchev–Trinajstić information content (AvgIpc) is 2.92. The Hall–Kier alpha value is -1.91. The second-order valence-corrected chi connectivity index (χ2v) is 8.45. The number of carbonyl (C=O) groups excluding carboxylic acids is 1. The molecule has 0 aliphatic heterocycles. The van der Waals surface area contributed by atoms with E-state index in [0.29, 0.717) is 22.8 Å². The molecule has 3 rings (SSSR count). The topological polar surface area (TPSA) is 69.4 Å². The number of nitrogens with zero attached hydrogens (tertiary/aromatic N) is 1. The maximum Gasteiger partial charge on any atom is 0.338 e. The fourth-order valence-corrected chi connectivity index (χ4v) is 5.04. The molecule has 0 bridgehead atoms. The number of nitro groups is 1. The molecular weight excluding hydrogens is 318 g/mol. The molecule has 5 nitrogen and oxygen atoms in total. The van der Waals surface area contributed by atoms with Crippen LogP contribution in [0.2, 0.25) is 0 Å². The summed E-state index contributed by atoms with van der Waals surface area (Å²) in [4.78, 5) is 22.8. The molecule has 2 aliphatic carbocycles. The first-order chi connectivity index (χ1) is 11.7. The molecule has 2 fully saturated rings. The quantitative estimate of drug-likeness (QED) is 0.430. The Kier molecular flexibility index (Phi) is 4.60. The normalized spacial score (nSPS) is 29.1. The maximum absolute atomic E-state index is 12.5. The summed E-state index contributed by atoms with van der Waals surface area (Å²) in [5, 5.41) is 10.7. The van der Waals surface area contributed by atoms with Gasteiger partial charge in [0.05, 0.1) is 10.5 Å². The number of nitro benzene ring substituents is 1. The van der Waals surface area contributed by atoms with E-state index in [1.165, 1.54) is 56.4 Å². The monoisotopic (exact) mass is 345 g/mol. The molecule has 2 saturated carbocycles. The van der Waals surface area contributed by atoms with E-state index in [9.17, 15) is 14.9 Å². The summed E-state index contributed by atoms with van der Waals surface area (Å²) in [6, 6.07) is 5.63. The van der Waals surface area contributed by atoms with Crippen LogP contribution in [0.25, 0.3) is 0 Å². The van der Waals surface area contributed by atoms with E-state index in [1.54, 1.807) is 0 Å². The fraction of sp³-hybridized carbons (Fsp3) is 0.650. The minimum Gasteiger partial charge on any atom is -0.456 e. The minimum atomic E-state index is -0.529. The van der Waals surface area contributed by atoms with Gasteiger partial charge in [0, 0.05) is 18.1 Å². The van der Waals surface area contributed by atoms with Gasteiger partial charge in [-0.05, 0) is 63.0 Å². The van der Waals surface area contributed by atoms with Gasteiger partial charge in [-0.15, -0.1) is 0 Å². The van der Waals surface area contributed by atoms with Crippen LogP contribution in [-0.4, -0.2) is 16.5 Å². The van der Waals surface area contributed by atoms with Crippen LogP contribution in [0.1, 0.15) is 69.7 Å². The van der Waals surface area contributed by atoms with Gasteiger partial charge >= 0.3 is 5.97 Å². The predicted octanol–water partition coefficient (Wildman–Crippen LogP) is 5.14. The zero-order valence-electron chi connectivity index (χ0n) is 15.3. The Labute approximate surface area is 148 Å². The van der Waals surface area contributed by atoms with Crippen LogP contribution in [0.5, 0.6) is 0 Å². The molecule has 0 aromatic heterocycles. The second kappa shape index (κ2) is 6.43. The molecule has 3 atom stereocenters. The molecule has 0 heterocycles. The number of ether oxygens (including phenoxy) is 1. The van der Waals surface area contributed by atoms with Crippen molar-refractivity contribution < 1.29 is 14.5 Å². The molecule has 0 spiro atoms. The number of fused-ring (bicyclic) bond motifs is 1. The number of non-ortho nitro benzene ring substituents is 1. The van der Waals surface area contributed by atoms with Crippen molar-refractivity contribution >= 4 is 11.7 Å². The highest BCUT2D eigenvalue weighted by molar-refractivity contribution is 5.89. The summed E-state index contributed by atoms with van der Waals surface area (Å²) in [7, 11) is 0. The molecule has 0 amide bonds. The highest BCUT2D eigenvalue weighted by atomic mass is 16.6. The summed E-state index contributed by atoms with van der Waals surface area (Å²) in [5.74, 6) is 0.588. The Morgan fingerprint density at radius 1 is 1.20 bits per heavy atom. The number of benzene rings is 1. The van der Waals surface area contributed by atoms with Crippen LogP contribution in [0, 0.1) is 27.4 Å². The fourth-order valence-electron chi connectivity index (χ4n) is 5.04. The first-order valence-corrected chi connectivity index (χ1v) is 9.21. The van der Waals surface area contributed by atoms with E-state index in [2.05, 4.69) is 6.92 Å². The van der Waals surface area contributed by atoms with Crippen LogP contribution in [0.3, 0.4) is 0 Å². The molecule has 1 aromatic carbocycles. The van der Waals surface area contributed by atoms with Crippen LogP contribution >= 0.6 is 0 Å². The number of hydrogen-bond donors (Lipinski definition) is 0. The van der Waals surface area contributed by atoms with Crippen molar-refractivity contribution in [1.82, 2.24) is 0 Å². The third kappa shape index (κ3) is 3.42. The summed E-state index contributed by atoms with van der Waals surface area (Å²) >= 11 is 0. The molecule has 136 valence electrons. The lowest BCUT2D eigenvalue weighted by Crippen LogP contribution is -2.42. The van der Waals surface area contributed by atoms with E-state index in [4.69, 9.17) is 4.74 Å². The molecular formula is C20H27NO4. The van der Waals surface area contributed by atoms with Crippen molar-refractivity contribution in [2.45, 2.75) is 64.9 Å². The first-order valence-electron chi connectivity index (χ1n) is 9.21. The first kappa shape index (κ1) is 17.9. The Morgan fingerprint density at radius 3 is 2.52 bits per heavy atom. The minimum absolute atomic E-state index is 0.0235. The van der Waals surface area contributed by atoms with Crippen molar-refractivity contribution in [3.63, 3.8) is 0 Å². The van der Waals surface area contributed by atoms with Crippen molar-refractivity contribution in [2.75, 3.05) is 0 Å². The van der Waals surface area contributed by atoms with Gasteiger partial charge in [0.15, 0.2) is 0 Å². The molecule has 2 aliphatic rings. The lowest BCUT2D eigenvalue weighted by molar-refractivity contribution is -0.384. The second-order valence-electron chi connectivity index (χ2n) is 8.45. The standard InChI is InChI=1S/C20H27NO4/c1-19(2,16-11-13-20(3)12-5-4-6-17(16)20)25-18(22)14-7-9-15(10-8-14)21(23)24/h7-10,16-17H,4-6,11-13H2,1-3H3/t16-,17-,20+/m1/s1. The number of rotatable bonds is 4. The van der Waals surface area contributed by atoms with Crippen molar-refractivity contribution in [2.24, 2.45) is 17.3 Å². The van der Waals surface area contributed by atoms with Crippen molar-refractivity contribution in [3.8, 4) is 0 Å². The van der Waals surface area contributed by atoms with Gasteiger partial charge in [-0.1, -0.05) is 19.8 Å². The Balaban J connectivity index is 1.72. The molecule has 25 heavy (non-hydrogen) atoms. The Bertz CT molecular complexity index is 667. The van der Waals surface area contributed by atoms with Gasteiger partial charge in [0.25, 0.3) is 5.69 Å². The van der Waals surface area contributed by atoms with Gasteiger partial charge < -0.3 is 4.74 Å². The van der Waals surface area contributed by atoms with E-state index in [1.807, 2.05) is 13.8 Å². The SMILES string of the molecule is CC(C)(OC(=O)c1ccc([N+](=O)[O-])cc1)[C@@H]1CC[C@]2(C)CCCC[C@H]12. The van der Waals surface area contributed by atoms with Crippen molar-refractivity contribution in [1.29, 1.82) is 0 Å². The van der Waals surface area contributed by atoms with Gasteiger partial charge in [0.1, 0.15) is 5.60 Å². The summed E-state index contributed by atoms with van der Waals surface area (Å²) < 4.78 is 5.89. The Morgan fingerprint density at radius 2 is 1.88 bits per heavy atom. The van der Waals surface area contributed by atoms with E-state index in [-0.39, 0.29) is 5.69 Å². The van der Waals surface area contributed by atoms with Crippen molar-refractivity contribution in [3.05, 3.63) is 39.9 Å². The lowest BCUT2D eigenvalue weighted by Gasteiger charge is -2.43. The maximum atomic E-state index is 12.5. The van der Waals surface area contributed by atoms with Gasteiger partial charge in [-0.25, -0.2) is 4.79 Å². The van der Waals surface area contributed by atoms with Crippen LogP contribution < -0.4 is 0 Å². The van der Waals surface area contributed by atoms with Crippen LogP contribution in [-0.2, 0) is 4.74 Å². The lowest BCUT2D eigenvalue weighted by atomic mass is 9.65. The van der Waals surface area contributed by atoms with Crippen LogP contribution in [0.4, 0.5) is 5.69 Å². The van der Waals surface area contributed by atoms with E-state index < -0.39 is 16.5 Å². The smallest absolute Gasteiger partial charge is 0.338 e. The van der Waals surface area contributed by atoms with Gasteiger partial charge in [-0.3, -0.25) is 10.1 Å². The van der Waals surface area contributed by atoms with Gasteiger partial charge in [-0.2, -0.15) is 0 Å². The largest absolute Gasteiger partial charge is 0.456 e. The zero-order valence-corrected chi connectivity index (χ0v) is 15.3. The number of hydrogen-bond acceptors (Lipinski definition) is 4. The molecule has 0 N–H and O–H groups in total. The summed E-state index contributed by atoms with van der Waals surface area (Å²) in [5.41, 5.74) is 0.200. The highest BCUT2D eigenvalue weighted by Gasteiger charge is 2.52. The molecule has 0 saturated heterocycles. The zero-order chi connectivity index (χ0) is 18.2. The number of esters is 1. The molecule has 0 unspecified atom stereocenters. The average molecular weight is 345 g/mol. The predicted molar refractivity (Wildman–Crippen MR) is 95.4 cm³/mol.